The summed E-state index contributed by atoms with van der Waals surface area (Å²) in [7, 11) is 3.14. The molecule has 0 aliphatic carbocycles. The highest BCUT2D eigenvalue weighted by Gasteiger charge is 2.04. The standard InChI is InChI=1S/C16H15NO2/c1-12-6-4-5-7-14(12)9-8-13-10-15(18-2)16(19-3)17-11-13/h4-7,10-11H,1-3H3. The predicted octanol–water partition coefficient (Wildman–Crippen LogP) is 2.81. The van der Waals surface area contributed by atoms with Crippen molar-refractivity contribution in [2.75, 3.05) is 14.2 Å². The lowest BCUT2D eigenvalue weighted by Crippen LogP contribution is -1.94. The Morgan fingerprint density at radius 3 is 2.53 bits per heavy atom. The zero-order valence-corrected chi connectivity index (χ0v) is 11.2. The first-order valence-electron chi connectivity index (χ1n) is 5.90. The molecule has 19 heavy (non-hydrogen) atoms. The molecule has 0 unspecified atom stereocenters. The van der Waals surface area contributed by atoms with Crippen LogP contribution in [0.15, 0.2) is 36.5 Å². The van der Waals surface area contributed by atoms with Gasteiger partial charge in [-0.3, -0.25) is 0 Å². The summed E-state index contributed by atoms with van der Waals surface area (Å²) in [6.07, 6.45) is 1.67. The minimum atomic E-state index is 0.462. The Morgan fingerprint density at radius 1 is 1.05 bits per heavy atom. The van der Waals surface area contributed by atoms with Crippen molar-refractivity contribution in [3.8, 4) is 23.5 Å². The molecule has 0 N–H and O–H groups in total. The van der Waals surface area contributed by atoms with Gasteiger partial charge in [-0.1, -0.05) is 30.0 Å². The van der Waals surface area contributed by atoms with Crippen LogP contribution in [0.2, 0.25) is 0 Å². The van der Waals surface area contributed by atoms with Gasteiger partial charge in [0.05, 0.1) is 14.2 Å². The van der Waals surface area contributed by atoms with Gasteiger partial charge in [-0.25, -0.2) is 4.98 Å². The van der Waals surface area contributed by atoms with Crippen LogP contribution in [0, 0.1) is 18.8 Å². The van der Waals surface area contributed by atoms with Crippen molar-refractivity contribution in [2.24, 2.45) is 0 Å². The monoisotopic (exact) mass is 253 g/mol. The summed E-state index contributed by atoms with van der Waals surface area (Å²) in [4.78, 5) is 4.15. The molecule has 0 fully saturated rings. The van der Waals surface area contributed by atoms with E-state index in [1.807, 2.05) is 37.3 Å². The largest absolute Gasteiger partial charge is 0.491 e. The maximum atomic E-state index is 5.20. The van der Waals surface area contributed by atoms with E-state index in [0.29, 0.717) is 11.6 Å². The third kappa shape index (κ3) is 3.05. The van der Waals surface area contributed by atoms with Crippen LogP contribution in [0.3, 0.4) is 0 Å². The zero-order valence-electron chi connectivity index (χ0n) is 11.2. The number of aromatic nitrogens is 1. The van der Waals surface area contributed by atoms with Crippen LogP contribution in [0.5, 0.6) is 11.6 Å². The predicted molar refractivity (Wildman–Crippen MR) is 74.5 cm³/mol. The minimum absolute atomic E-state index is 0.462. The first kappa shape index (κ1) is 13.0. The minimum Gasteiger partial charge on any atom is -0.491 e. The van der Waals surface area contributed by atoms with E-state index >= 15 is 0 Å². The molecular formula is C16H15NO2. The highest BCUT2D eigenvalue weighted by molar-refractivity contribution is 5.48. The number of methoxy groups -OCH3 is 2. The van der Waals surface area contributed by atoms with E-state index in [1.165, 1.54) is 0 Å². The number of benzene rings is 1. The van der Waals surface area contributed by atoms with Gasteiger partial charge < -0.3 is 9.47 Å². The lowest BCUT2D eigenvalue weighted by molar-refractivity contribution is 0.343. The normalized spacial score (nSPS) is 9.42. The van der Waals surface area contributed by atoms with Gasteiger partial charge in [0.15, 0.2) is 5.75 Å². The van der Waals surface area contributed by atoms with E-state index in [1.54, 1.807) is 20.4 Å². The van der Waals surface area contributed by atoms with E-state index in [-0.39, 0.29) is 0 Å². The number of rotatable bonds is 2. The average molecular weight is 253 g/mol. The fourth-order valence-electron chi connectivity index (χ4n) is 1.65. The third-order valence-corrected chi connectivity index (χ3v) is 2.72. The van der Waals surface area contributed by atoms with Crippen molar-refractivity contribution in [1.82, 2.24) is 4.98 Å². The third-order valence-electron chi connectivity index (χ3n) is 2.72. The lowest BCUT2D eigenvalue weighted by Gasteiger charge is -2.05. The van der Waals surface area contributed by atoms with Crippen molar-refractivity contribution in [3.05, 3.63) is 53.2 Å². The van der Waals surface area contributed by atoms with Gasteiger partial charge in [-0.15, -0.1) is 0 Å². The number of hydrogen-bond donors (Lipinski definition) is 0. The van der Waals surface area contributed by atoms with Gasteiger partial charge in [0.2, 0.25) is 0 Å². The molecule has 2 rings (SSSR count). The van der Waals surface area contributed by atoms with Crippen molar-refractivity contribution < 1.29 is 9.47 Å². The number of nitrogens with zero attached hydrogens (tertiary/aromatic N) is 1. The molecule has 0 bridgehead atoms. The Morgan fingerprint density at radius 2 is 1.84 bits per heavy atom. The molecule has 1 aromatic heterocycles. The van der Waals surface area contributed by atoms with E-state index in [2.05, 4.69) is 16.8 Å². The van der Waals surface area contributed by atoms with Crippen molar-refractivity contribution in [1.29, 1.82) is 0 Å². The van der Waals surface area contributed by atoms with Crippen molar-refractivity contribution >= 4 is 0 Å². The first-order valence-corrected chi connectivity index (χ1v) is 5.90. The van der Waals surface area contributed by atoms with Gasteiger partial charge in [-0.2, -0.15) is 0 Å². The Hall–Kier alpha value is -2.47. The summed E-state index contributed by atoms with van der Waals surface area (Å²) in [5.74, 6) is 7.26. The Kier molecular flexibility index (Phi) is 4.04. The van der Waals surface area contributed by atoms with E-state index in [4.69, 9.17) is 9.47 Å². The summed E-state index contributed by atoms with van der Waals surface area (Å²) in [6.45, 7) is 2.04. The maximum Gasteiger partial charge on any atom is 0.256 e. The molecule has 0 saturated carbocycles. The Bertz CT molecular complexity index is 639. The fraction of sp³-hybridized carbons (Fsp3) is 0.188. The lowest BCUT2D eigenvalue weighted by atomic mass is 10.1. The zero-order chi connectivity index (χ0) is 13.7. The van der Waals surface area contributed by atoms with Crippen LogP contribution >= 0.6 is 0 Å². The van der Waals surface area contributed by atoms with Gasteiger partial charge >= 0.3 is 0 Å². The molecule has 1 aromatic carbocycles. The van der Waals surface area contributed by atoms with Gasteiger partial charge in [0, 0.05) is 23.4 Å². The quantitative estimate of drug-likeness (QED) is 0.771. The molecular weight excluding hydrogens is 238 g/mol. The van der Waals surface area contributed by atoms with E-state index in [0.717, 1.165) is 16.7 Å². The number of ether oxygens (including phenoxy) is 2. The van der Waals surface area contributed by atoms with Crippen LogP contribution in [-0.2, 0) is 0 Å². The second kappa shape index (κ2) is 5.92. The van der Waals surface area contributed by atoms with Crippen molar-refractivity contribution in [2.45, 2.75) is 6.92 Å². The molecule has 0 amide bonds. The highest BCUT2D eigenvalue weighted by atomic mass is 16.5. The summed E-state index contributed by atoms with van der Waals surface area (Å²) in [5, 5.41) is 0. The molecule has 0 aliphatic rings. The maximum absolute atomic E-state index is 5.20. The van der Waals surface area contributed by atoms with Crippen LogP contribution in [0.25, 0.3) is 0 Å². The smallest absolute Gasteiger partial charge is 0.256 e. The fourth-order valence-corrected chi connectivity index (χ4v) is 1.65. The van der Waals surface area contributed by atoms with Crippen LogP contribution < -0.4 is 9.47 Å². The number of aryl methyl sites for hydroxylation is 1. The summed E-state index contributed by atoms with van der Waals surface area (Å²) >= 11 is 0. The molecule has 0 radical (unpaired) electrons. The second-order valence-corrected chi connectivity index (χ2v) is 4.00. The van der Waals surface area contributed by atoms with Gasteiger partial charge in [0.25, 0.3) is 5.88 Å². The van der Waals surface area contributed by atoms with Crippen LogP contribution in [0.4, 0.5) is 0 Å². The summed E-state index contributed by atoms with van der Waals surface area (Å²) < 4.78 is 10.3. The van der Waals surface area contributed by atoms with Gasteiger partial charge in [0.1, 0.15) is 0 Å². The number of pyridine rings is 1. The SMILES string of the molecule is COc1cc(C#Cc2ccccc2C)cnc1OC. The summed E-state index contributed by atoms with van der Waals surface area (Å²) in [5.41, 5.74) is 2.96. The van der Waals surface area contributed by atoms with Crippen molar-refractivity contribution in [3.63, 3.8) is 0 Å². The average Bonchev–Trinajstić information content (AvgIpc) is 2.46. The topological polar surface area (TPSA) is 31.4 Å². The molecule has 0 atom stereocenters. The van der Waals surface area contributed by atoms with Gasteiger partial charge in [-0.05, 0) is 18.6 Å². The Labute approximate surface area is 113 Å². The van der Waals surface area contributed by atoms with Crippen LogP contribution in [-0.4, -0.2) is 19.2 Å². The molecule has 1 heterocycles. The van der Waals surface area contributed by atoms with E-state index < -0.39 is 0 Å². The first-order chi connectivity index (χ1) is 9.24. The summed E-state index contributed by atoms with van der Waals surface area (Å²) in [6, 6.07) is 9.83. The van der Waals surface area contributed by atoms with E-state index in [9.17, 15) is 0 Å². The molecule has 3 heteroatoms. The Balaban J connectivity index is 2.33. The molecule has 96 valence electrons. The number of hydrogen-bond acceptors (Lipinski definition) is 3. The molecule has 0 saturated heterocycles. The second-order valence-electron chi connectivity index (χ2n) is 4.00. The molecule has 0 aliphatic heterocycles. The molecule has 2 aromatic rings. The molecule has 0 spiro atoms. The highest BCUT2D eigenvalue weighted by Crippen LogP contribution is 2.24. The molecule has 3 nitrogen and oxygen atoms in total. The van der Waals surface area contributed by atoms with Crippen LogP contribution in [0.1, 0.15) is 16.7 Å².